The molecule has 1 heterocycles. The number of anilines is 2. The lowest BCUT2D eigenvalue weighted by Crippen LogP contribution is -2.20. The highest BCUT2D eigenvalue weighted by atomic mass is 32.4. The first-order valence-corrected chi connectivity index (χ1v) is 12.5. The van der Waals surface area contributed by atoms with Crippen molar-refractivity contribution in [2.75, 3.05) is 22.4 Å². The Morgan fingerprint density at radius 3 is 1.64 bits per heavy atom. The van der Waals surface area contributed by atoms with Gasteiger partial charge in [-0.3, -0.25) is 0 Å². The average Bonchev–Trinajstić information content (AvgIpc) is 3.12. The van der Waals surface area contributed by atoms with Crippen molar-refractivity contribution in [3.8, 4) is 0 Å². The second-order valence-corrected chi connectivity index (χ2v) is 11.0. The number of allylic oxidation sites excluding steroid dienone is 1. The summed E-state index contributed by atoms with van der Waals surface area (Å²) in [6.07, 6.45) is 1.11. The Labute approximate surface area is 173 Å². The van der Waals surface area contributed by atoms with Gasteiger partial charge in [0.05, 0.1) is 0 Å². The van der Waals surface area contributed by atoms with Crippen molar-refractivity contribution in [2.24, 2.45) is 0 Å². The van der Waals surface area contributed by atoms with Crippen LogP contribution in [0.2, 0.25) is 0 Å². The van der Waals surface area contributed by atoms with Crippen LogP contribution in [-0.2, 0) is 11.8 Å². The number of rotatable bonds is 5. The summed E-state index contributed by atoms with van der Waals surface area (Å²) in [7, 11) is 0. The summed E-state index contributed by atoms with van der Waals surface area (Å²) in [5.74, 6) is 0. The molecule has 1 aliphatic heterocycles. The van der Waals surface area contributed by atoms with Crippen LogP contribution in [0.5, 0.6) is 0 Å². The fourth-order valence-corrected chi connectivity index (χ4v) is 8.63. The summed E-state index contributed by atoms with van der Waals surface area (Å²) in [5.41, 5.74) is 3.66. The number of hydrogen-bond donors (Lipinski definition) is 0. The maximum absolute atomic E-state index is 6.59. The van der Waals surface area contributed by atoms with Crippen LogP contribution in [0.4, 0.5) is 11.4 Å². The van der Waals surface area contributed by atoms with Crippen LogP contribution in [0.3, 0.4) is 0 Å². The van der Waals surface area contributed by atoms with Crippen LogP contribution in [0.1, 0.15) is 18.9 Å². The molecule has 0 radical (unpaired) electrons. The van der Waals surface area contributed by atoms with Crippen molar-refractivity contribution in [1.82, 2.24) is 0 Å². The first kappa shape index (κ1) is 19.0. The number of nitrogens with zero attached hydrogens (tertiary/aromatic N) is 2. The molecule has 0 bridgehead atoms. The predicted octanol–water partition coefficient (Wildman–Crippen LogP) is 6.77. The van der Waals surface area contributed by atoms with E-state index in [2.05, 4.69) is 113 Å². The minimum atomic E-state index is -2.15. The van der Waals surface area contributed by atoms with Gasteiger partial charge in [0, 0.05) is 29.8 Å². The van der Waals surface area contributed by atoms with Gasteiger partial charge in [0.25, 0.3) is 0 Å². The maximum atomic E-state index is 6.59. The third kappa shape index (κ3) is 3.53. The Morgan fingerprint density at radius 2 is 1.21 bits per heavy atom. The van der Waals surface area contributed by atoms with Crippen LogP contribution in [-0.4, -0.2) is 13.1 Å². The van der Waals surface area contributed by atoms with E-state index >= 15 is 0 Å². The van der Waals surface area contributed by atoms with Crippen molar-refractivity contribution in [3.63, 3.8) is 0 Å². The van der Waals surface area contributed by atoms with E-state index < -0.39 is 6.34 Å². The Balaban J connectivity index is 1.86. The van der Waals surface area contributed by atoms with Gasteiger partial charge in [-0.15, -0.1) is 0 Å². The first-order chi connectivity index (χ1) is 13.7. The highest BCUT2D eigenvalue weighted by Gasteiger charge is 2.41. The van der Waals surface area contributed by atoms with Crippen LogP contribution in [0.15, 0.2) is 96.3 Å². The van der Waals surface area contributed by atoms with E-state index in [0.717, 1.165) is 19.5 Å². The molecule has 4 heteroatoms. The molecule has 28 heavy (non-hydrogen) atoms. The van der Waals surface area contributed by atoms with E-state index in [0.29, 0.717) is 0 Å². The largest absolute Gasteiger partial charge is 0.323 e. The van der Waals surface area contributed by atoms with E-state index in [4.69, 9.17) is 11.8 Å². The molecule has 0 saturated carbocycles. The van der Waals surface area contributed by atoms with Gasteiger partial charge in [-0.25, -0.2) is 0 Å². The molecule has 1 saturated heterocycles. The second kappa shape index (κ2) is 8.34. The first-order valence-electron chi connectivity index (χ1n) is 9.76. The minimum Gasteiger partial charge on any atom is -0.323 e. The summed E-state index contributed by atoms with van der Waals surface area (Å²) >= 11 is 6.59. The summed E-state index contributed by atoms with van der Waals surface area (Å²) in [6.45, 7) is 4.12. The van der Waals surface area contributed by atoms with Gasteiger partial charge in [-0.1, -0.05) is 73.7 Å². The molecular weight excluding hydrogens is 379 g/mol. The number of benzene rings is 3. The highest BCUT2D eigenvalue weighted by Crippen LogP contribution is 2.66. The van der Waals surface area contributed by atoms with Crippen molar-refractivity contribution in [1.29, 1.82) is 0 Å². The Kier molecular flexibility index (Phi) is 5.66. The minimum absolute atomic E-state index is 0.943. The lowest BCUT2D eigenvalue weighted by atomic mass is 10.2. The van der Waals surface area contributed by atoms with Gasteiger partial charge in [0.15, 0.2) is 0 Å². The van der Waals surface area contributed by atoms with E-state index in [9.17, 15) is 0 Å². The van der Waals surface area contributed by atoms with Gasteiger partial charge in [0.1, 0.15) is 6.34 Å². The molecule has 0 N–H and O–H groups in total. The average molecular weight is 405 g/mol. The van der Waals surface area contributed by atoms with Crippen molar-refractivity contribution in [3.05, 3.63) is 102 Å². The number of hydrogen-bond acceptors (Lipinski definition) is 1. The van der Waals surface area contributed by atoms with Crippen molar-refractivity contribution >= 4 is 35.6 Å². The van der Waals surface area contributed by atoms with Gasteiger partial charge in [-0.05, 0) is 54.1 Å². The molecule has 3 aromatic rings. The Hall–Kier alpha value is -2.35. The molecule has 2 nitrogen and oxygen atoms in total. The molecule has 1 aliphatic rings. The van der Waals surface area contributed by atoms with Crippen molar-refractivity contribution < 1.29 is 0 Å². The molecule has 0 aromatic heterocycles. The molecule has 3 aromatic carbocycles. The quantitative estimate of drug-likeness (QED) is 0.433. The molecule has 0 atom stereocenters. The fraction of sp³-hybridized carbons (Fsp3) is 0.167. The number of para-hydroxylation sites is 2. The van der Waals surface area contributed by atoms with E-state index in [1.165, 1.54) is 22.3 Å². The molecule has 1 fully saturated rings. The molecule has 4 rings (SSSR count). The van der Waals surface area contributed by atoms with Crippen LogP contribution < -0.4 is 9.34 Å². The maximum Gasteiger partial charge on any atom is 0.149 e. The van der Waals surface area contributed by atoms with Gasteiger partial charge in [0.2, 0.25) is 0 Å². The normalized spacial score (nSPS) is 16.4. The lowest BCUT2D eigenvalue weighted by molar-refractivity contribution is 1.02. The molecule has 142 valence electrons. The molecule has 0 spiro atoms. The zero-order valence-electron chi connectivity index (χ0n) is 16.1. The third-order valence-corrected chi connectivity index (χ3v) is 10.4. The summed E-state index contributed by atoms with van der Waals surface area (Å²) in [4.78, 5) is 0. The topological polar surface area (TPSA) is 6.48 Å². The lowest BCUT2D eigenvalue weighted by Gasteiger charge is -2.38. The second-order valence-electron chi connectivity index (χ2n) is 6.86. The summed E-state index contributed by atoms with van der Waals surface area (Å²) in [5, 5.41) is 1.35. The Bertz CT molecular complexity index is 935. The molecule has 0 unspecified atom stereocenters. The zero-order chi connectivity index (χ0) is 19.4. The molecular formula is C24H25N2PS. The van der Waals surface area contributed by atoms with E-state index in [-0.39, 0.29) is 0 Å². The fourth-order valence-electron chi connectivity index (χ4n) is 3.81. The molecule has 0 aliphatic carbocycles. The smallest absolute Gasteiger partial charge is 0.149 e. The Morgan fingerprint density at radius 1 is 0.786 bits per heavy atom. The summed E-state index contributed by atoms with van der Waals surface area (Å²) < 4.78 is 4.96. The monoisotopic (exact) mass is 404 g/mol. The summed E-state index contributed by atoms with van der Waals surface area (Å²) in [6, 6.07) is 31.9. The SMILES string of the molecule is CC/C(=C\c1ccccc1)P1(=S)N(c2ccccc2)CCN1c1ccccc1. The van der Waals surface area contributed by atoms with Gasteiger partial charge >= 0.3 is 0 Å². The third-order valence-electron chi connectivity index (χ3n) is 5.16. The van der Waals surface area contributed by atoms with E-state index in [1.54, 1.807) is 0 Å². The van der Waals surface area contributed by atoms with Crippen LogP contribution in [0.25, 0.3) is 6.08 Å². The van der Waals surface area contributed by atoms with E-state index in [1.807, 2.05) is 0 Å². The van der Waals surface area contributed by atoms with Crippen molar-refractivity contribution in [2.45, 2.75) is 13.3 Å². The van der Waals surface area contributed by atoms with Gasteiger partial charge in [-0.2, -0.15) is 0 Å². The highest BCUT2D eigenvalue weighted by molar-refractivity contribution is 8.18. The van der Waals surface area contributed by atoms with Crippen LogP contribution >= 0.6 is 6.34 Å². The van der Waals surface area contributed by atoms with Crippen LogP contribution in [0, 0.1) is 0 Å². The molecule has 0 amide bonds. The zero-order valence-corrected chi connectivity index (χ0v) is 17.8. The standard InChI is InChI=1S/C24H25N2PS/c1-2-24(20-21-12-6-3-7-13-21)27(28)25(22-14-8-4-9-15-22)18-19-26(27)23-16-10-5-11-17-23/h3-17,20H,2,18-19H2,1H3/b24-20+. The predicted molar refractivity (Wildman–Crippen MR) is 127 cm³/mol. The van der Waals surface area contributed by atoms with Gasteiger partial charge < -0.3 is 9.34 Å².